The second kappa shape index (κ2) is 3.93. The van der Waals surface area contributed by atoms with Crippen LogP contribution in [-0.2, 0) is 0 Å². The summed E-state index contributed by atoms with van der Waals surface area (Å²) in [6.07, 6.45) is 9.60. The number of hydrogen-bond donors (Lipinski definition) is 1. The molecule has 0 saturated heterocycles. The lowest BCUT2D eigenvalue weighted by Crippen LogP contribution is -2.31. The van der Waals surface area contributed by atoms with Gasteiger partial charge in [0.1, 0.15) is 0 Å². The van der Waals surface area contributed by atoms with E-state index in [0.717, 1.165) is 13.0 Å². The zero-order chi connectivity index (χ0) is 9.90. The van der Waals surface area contributed by atoms with Crippen molar-refractivity contribution < 1.29 is 0 Å². The Morgan fingerprint density at radius 2 is 2.38 bits per heavy atom. The van der Waals surface area contributed by atoms with E-state index in [1.807, 2.05) is 6.08 Å². The summed E-state index contributed by atoms with van der Waals surface area (Å²) in [7, 11) is 0. The van der Waals surface area contributed by atoms with Crippen LogP contribution in [0.5, 0.6) is 0 Å². The van der Waals surface area contributed by atoms with E-state index in [-0.39, 0.29) is 5.41 Å². The minimum Gasteiger partial charge on any atom is -0.330 e. The Morgan fingerprint density at radius 1 is 1.69 bits per heavy atom. The zero-order valence-corrected chi connectivity index (χ0v) is 8.59. The molecule has 0 bridgehead atoms. The molecule has 0 aromatic carbocycles. The van der Waals surface area contributed by atoms with Crippen LogP contribution in [0.4, 0.5) is 0 Å². The summed E-state index contributed by atoms with van der Waals surface area (Å²) in [4.78, 5) is 0. The van der Waals surface area contributed by atoms with Crippen LogP contribution in [0.3, 0.4) is 0 Å². The highest BCUT2D eigenvalue weighted by Gasteiger charge is 2.26. The van der Waals surface area contributed by atoms with E-state index in [0.29, 0.717) is 5.92 Å². The fraction of sp³-hybridized carbons (Fsp3) is 0.500. The maximum Gasteiger partial charge on any atom is -0.00201 e. The lowest BCUT2D eigenvalue weighted by molar-refractivity contribution is 0.270. The van der Waals surface area contributed by atoms with E-state index in [1.165, 1.54) is 5.57 Å². The van der Waals surface area contributed by atoms with Gasteiger partial charge in [0.05, 0.1) is 0 Å². The van der Waals surface area contributed by atoms with Crippen molar-refractivity contribution in [3.8, 4) is 0 Å². The Labute approximate surface area is 81.0 Å². The number of allylic oxidation sites excluding steroid dienone is 5. The predicted octanol–water partition coefficient (Wildman–Crippen LogP) is 2.66. The van der Waals surface area contributed by atoms with Crippen molar-refractivity contribution in [2.75, 3.05) is 6.54 Å². The molecule has 13 heavy (non-hydrogen) atoms. The molecule has 0 saturated carbocycles. The molecular formula is C12H19N. The van der Waals surface area contributed by atoms with Gasteiger partial charge in [0, 0.05) is 0 Å². The largest absolute Gasteiger partial charge is 0.330 e. The van der Waals surface area contributed by atoms with Crippen LogP contribution in [0.1, 0.15) is 20.3 Å². The van der Waals surface area contributed by atoms with Gasteiger partial charge in [-0.3, -0.25) is 0 Å². The predicted molar refractivity (Wildman–Crippen MR) is 58.4 cm³/mol. The lowest BCUT2D eigenvalue weighted by atomic mass is 9.75. The highest BCUT2D eigenvalue weighted by atomic mass is 14.6. The smallest absolute Gasteiger partial charge is 0.00201 e. The van der Waals surface area contributed by atoms with Gasteiger partial charge in [-0.1, -0.05) is 44.7 Å². The molecule has 1 nitrogen and oxygen atoms in total. The van der Waals surface area contributed by atoms with E-state index in [4.69, 9.17) is 5.73 Å². The first-order chi connectivity index (χ1) is 6.10. The summed E-state index contributed by atoms with van der Waals surface area (Å²) in [6.45, 7) is 8.92. The second-order valence-electron chi connectivity index (χ2n) is 4.30. The molecular weight excluding hydrogens is 158 g/mol. The molecule has 0 aromatic rings. The molecule has 1 aliphatic rings. The first kappa shape index (κ1) is 10.3. The first-order valence-corrected chi connectivity index (χ1v) is 4.81. The molecule has 2 N–H and O–H groups in total. The van der Waals surface area contributed by atoms with Crippen molar-refractivity contribution in [3.63, 3.8) is 0 Å². The summed E-state index contributed by atoms with van der Waals surface area (Å²) >= 11 is 0. The van der Waals surface area contributed by atoms with Crippen molar-refractivity contribution in [2.24, 2.45) is 17.1 Å². The zero-order valence-electron chi connectivity index (χ0n) is 8.59. The Morgan fingerprint density at radius 3 is 2.77 bits per heavy atom. The summed E-state index contributed by atoms with van der Waals surface area (Å²) < 4.78 is 0. The normalized spacial score (nSPS) is 22.7. The summed E-state index contributed by atoms with van der Waals surface area (Å²) in [5, 5.41) is 0. The average molecular weight is 177 g/mol. The van der Waals surface area contributed by atoms with Crippen molar-refractivity contribution >= 4 is 0 Å². The molecule has 1 unspecified atom stereocenters. The van der Waals surface area contributed by atoms with Crippen molar-refractivity contribution in [2.45, 2.75) is 20.3 Å². The fourth-order valence-corrected chi connectivity index (χ4v) is 1.52. The molecule has 0 amide bonds. The maximum absolute atomic E-state index is 5.73. The molecule has 0 spiro atoms. The second-order valence-corrected chi connectivity index (χ2v) is 4.30. The Kier molecular flexibility index (Phi) is 3.10. The number of rotatable bonds is 3. The summed E-state index contributed by atoms with van der Waals surface area (Å²) in [5.41, 5.74) is 7.16. The van der Waals surface area contributed by atoms with Gasteiger partial charge in [-0.2, -0.15) is 0 Å². The number of nitrogens with two attached hydrogens (primary N) is 1. The maximum atomic E-state index is 5.73. The van der Waals surface area contributed by atoms with Crippen molar-refractivity contribution in [1.29, 1.82) is 0 Å². The number of hydrogen-bond acceptors (Lipinski definition) is 1. The minimum atomic E-state index is 0.208. The van der Waals surface area contributed by atoms with E-state index in [2.05, 4.69) is 38.7 Å². The topological polar surface area (TPSA) is 26.0 Å². The average Bonchev–Trinajstić information content (AvgIpc) is 2.18. The third kappa shape index (κ3) is 2.31. The molecule has 0 fully saturated rings. The molecule has 1 heteroatoms. The minimum absolute atomic E-state index is 0.208. The van der Waals surface area contributed by atoms with Gasteiger partial charge in [-0.25, -0.2) is 0 Å². The van der Waals surface area contributed by atoms with Crippen LogP contribution in [0.15, 0.2) is 36.5 Å². The van der Waals surface area contributed by atoms with E-state index in [9.17, 15) is 0 Å². The lowest BCUT2D eigenvalue weighted by Gasteiger charge is -2.32. The van der Waals surface area contributed by atoms with E-state index < -0.39 is 0 Å². The van der Waals surface area contributed by atoms with E-state index >= 15 is 0 Å². The molecule has 1 aliphatic carbocycles. The van der Waals surface area contributed by atoms with Crippen molar-refractivity contribution in [1.82, 2.24) is 0 Å². The monoisotopic (exact) mass is 177 g/mol. The Hall–Kier alpha value is -0.820. The highest BCUT2D eigenvalue weighted by Crippen LogP contribution is 2.32. The summed E-state index contributed by atoms with van der Waals surface area (Å²) in [5.74, 6) is 0.571. The van der Waals surface area contributed by atoms with Crippen LogP contribution >= 0.6 is 0 Å². The molecule has 1 atom stereocenters. The van der Waals surface area contributed by atoms with Crippen LogP contribution < -0.4 is 5.73 Å². The van der Waals surface area contributed by atoms with Crippen LogP contribution in [0.2, 0.25) is 0 Å². The van der Waals surface area contributed by atoms with Crippen LogP contribution in [-0.4, -0.2) is 6.54 Å². The van der Waals surface area contributed by atoms with Gasteiger partial charge >= 0.3 is 0 Å². The van der Waals surface area contributed by atoms with Gasteiger partial charge in [0.25, 0.3) is 0 Å². The van der Waals surface area contributed by atoms with Gasteiger partial charge in [0.15, 0.2) is 0 Å². The standard InChI is InChI=1S/C12H19N/c1-4-10-5-7-11(8-6-10)12(2,3)9-13/h4-7,11H,1,8-9,13H2,2-3H3. The van der Waals surface area contributed by atoms with Crippen molar-refractivity contribution in [3.05, 3.63) is 36.5 Å². The Balaban J connectivity index is 2.67. The third-order valence-corrected chi connectivity index (χ3v) is 2.89. The molecule has 0 radical (unpaired) electrons. The fourth-order valence-electron chi connectivity index (χ4n) is 1.52. The van der Waals surface area contributed by atoms with Crippen LogP contribution in [0.25, 0.3) is 0 Å². The molecule has 72 valence electrons. The Bertz CT molecular complexity index is 246. The van der Waals surface area contributed by atoms with Gasteiger partial charge in [-0.05, 0) is 29.9 Å². The van der Waals surface area contributed by atoms with E-state index in [1.54, 1.807) is 0 Å². The SMILES string of the molecule is C=CC1=CCC(C(C)(C)CN)C=C1. The third-order valence-electron chi connectivity index (χ3n) is 2.89. The molecule has 0 heterocycles. The highest BCUT2D eigenvalue weighted by molar-refractivity contribution is 5.32. The van der Waals surface area contributed by atoms with Gasteiger partial charge < -0.3 is 5.73 Å². The van der Waals surface area contributed by atoms with Gasteiger partial charge in [-0.15, -0.1) is 0 Å². The van der Waals surface area contributed by atoms with Crippen LogP contribution in [0, 0.1) is 11.3 Å². The molecule has 0 aliphatic heterocycles. The van der Waals surface area contributed by atoms with Gasteiger partial charge in [0.2, 0.25) is 0 Å². The molecule has 1 rings (SSSR count). The summed E-state index contributed by atoms with van der Waals surface area (Å²) in [6, 6.07) is 0. The molecule has 0 aromatic heterocycles. The first-order valence-electron chi connectivity index (χ1n) is 4.81. The quantitative estimate of drug-likeness (QED) is 0.704.